The molecule has 1 aliphatic heterocycles. The standard InChI is InChI=1S/C10H11ClN2O2/c11-9-1-2-10(13(14)15)8(4-9)3-7-5-12-6-7/h1-2,4,7,12H,3,5-6H2. The predicted octanol–water partition coefficient (Wildman–Crippen LogP) is 2.01. The van der Waals surface area contributed by atoms with Crippen molar-refractivity contribution in [3.8, 4) is 0 Å². The molecule has 0 aliphatic carbocycles. The summed E-state index contributed by atoms with van der Waals surface area (Å²) in [5.41, 5.74) is 0.908. The summed E-state index contributed by atoms with van der Waals surface area (Å²) in [5, 5.41) is 14.5. The molecule has 4 nitrogen and oxygen atoms in total. The quantitative estimate of drug-likeness (QED) is 0.634. The number of benzene rings is 1. The molecule has 0 atom stereocenters. The highest BCUT2D eigenvalue weighted by molar-refractivity contribution is 6.30. The Morgan fingerprint density at radius 3 is 2.80 bits per heavy atom. The van der Waals surface area contributed by atoms with Crippen LogP contribution in [0.3, 0.4) is 0 Å². The first-order valence-electron chi connectivity index (χ1n) is 4.80. The third-order valence-corrected chi connectivity index (χ3v) is 2.85. The fraction of sp³-hybridized carbons (Fsp3) is 0.400. The van der Waals surface area contributed by atoms with Crippen LogP contribution in [0.2, 0.25) is 5.02 Å². The van der Waals surface area contributed by atoms with Gasteiger partial charge in [-0.1, -0.05) is 11.6 Å². The van der Waals surface area contributed by atoms with E-state index in [2.05, 4.69) is 5.32 Å². The first-order chi connectivity index (χ1) is 7.16. The maximum Gasteiger partial charge on any atom is 0.272 e. The molecule has 1 heterocycles. The van der Waals surface area contributed by atoms with Gasteiger partial charge in [0.2, 0.25) is 0 Å². The monoisotopic (exact) mass is 226 g/mol. The topological polar surface area (TPSA) is 55.2 Å². The smallest absolute Gasteiger partial charge is 0.272 e. The summed E-state index contributed by atoms with van der Waals surface area (Å²) in [6.07, 6.45) is 0.726. The van der Waals surface area contributed by atoms with Crippen molar-refractivity contribution in [3.63, 3.8) is 0 Å². The number of nitrogens with zero attached hydrogens (tertiary/aromatic N) is 1. The van der Waals surface area contributed by atoms with Gasteiger partial charge in [0.05, 0.1) is 4.92 Å². The molecule has 1 aromatic carbocycles. The second-order valence-corrected chi connectivity index (χ2v) is 4.19. The summed E-state index contributed by atoms with van der Waals surface area (Å²) in [4.78, 5) is 10.4. The lowest BCUT2D eigenvalue weighted by atomic mass is 9.93. The van der Waals surface area contributed by atoms with Crippen LogP contribution in [-0.4, -0.2) is 18.0 Å². The first-order valence-corrected chi connectivity index (χ1v) is 5.18. The van der Waals surface area contributed by atoms with Crippen molar-refractivity contribution in [1.82, 2.24) is 5.32 Å². The van der Waals surface area contributed by atoms with Crippen LogP contribution in [-0.2, 0) is 6.42 Å². The van der Waals surface area contributed by atoms with Gasteiger partial charge in [0.1, 0.15) is 0 Å². The van der Waals surface area contributed by atoms with Crippen molar-refractivity contribution in [2.75, 3.05) is 13.1 Å². The van der Waals surface area contributed by atoms with Crippen LogP contribution in [0.1, 0.15) is 5.56 Å². The summed E-state index contributed by atoms with van der Waals surface area (Å²) in [6.45, 7) is 1.87. The highest BCUT2D eigenvalue weighted by atomic mass is 35.5. The fourth-order valence-corrected chi connectivity index (χ4v) is 1.89. The summed E-state index contributed by atoms with van der Waals surface area (Å²) in [5.74, 6) is 0.502. The average Bonchev–Trinajstić information content (AvgIpc) is 2.11. The van der Waals surface area contributed by atoms with E-state index in [1.165, 1.54) is 6.07 Å². The van der Waals surface area contributed by atoms with E-state index in [-0.39, 0.29) is 10.6 Å². The van der Waals surface area contributed by atoms with Gasteiger partial charge in [0.25, 0.3) is 5.69 Å². The molecule has 0 amide bonds. The van der Waals surface area contributed by atoms with Gasteiger partial charge >= 0.3 is 0 Å². The molecule has 1 fully saturated rings. The van der Waals surface area contributed by atoms with E-state index in [1.54, 1.807) is 12.1 Å². The maximum atomic E-state index is 10.8. The van der Waals surface area contributed by atoms with Gasteiger partial charge in [-0.25, -0.2) is 0 Å². The molecule has 1 aliphatic rings. The van der Waals surface area contributed by atoms with Crippen molar-refractivity contribution >= 4 is 17.3 Å². The van der Waals surface area contributed by atoms with Crippen molar-refractivity contribution in [1.29, 1.82) is 0 Å². The largest absolute Gasteiger partial charge is 0.316 e. The minimum absolute atomic E-state index is 0.173. The fourth-order valence-electron chi connectivity index (χ4n) is 1.70. The molecule has 80 valence electrons. The lowest BCUT2D eigenvalue weighted by molar-refractivity contribution is -0.385. The Kier molecular flexibility index (Phi) is 2.88. The molecule has 0 aromatic heterocycles. The highest BCUT2D eigenvalue weighted by Gasteiger charge is 2.22. The van der Waals surface area contributed by atoms with E-state index < -0.39 is 0 Å². The molecule has 1 saturated heterocycles. The Morgan fingerprint density at radius 1 is 1.53 bits per heavy atom. The minimum atomic E-state index is -0.349. The molecule has 0 saturated carbocycles. The van der Waals surface area contributed by atoms with E-state index in [9.17, 15) is 10.1 Å². The lowest BCUT2D eigenvalue weighted by Gasteiger charge is -2.26. The molecule has 1 N–H and O–H groups in total. The van der Waals surface area contributed by atoms with Crippen molar-refractivity contribution in [3.05, 3.63) is 38.9 Å². The van der Waals surface area contributed by atoms with Crippen molar-refractivity contribution in [2.45, 2.75) is 6.42 Å². The second kappa shape index (κ2) is 4.16. The van der Waals surface area contributed by atoms with E-state index in [1.807, 2.05) is 0 Å². The minimum Gasteiger partial charge on any atom is -0.316 e. The number of nitro groups is 1. The van der Waals surface area contributed by atoms with Crippen LogP contribution >= 0.6 is 11.6 Å². The van der Waals surface area contributed by atoms with Gasteiger partial charge in [-0.05, 0) is 37.6 Å². The van der Waals surface area contributed by atoms with Gasteiger partial charge < -0.3 is 5.32 Å². The Bertz CT molecular complexity index is 391. The molecular weight excluding hydrogens is 216 g/mol. The Morgan fingerprint density at radius 2 is 2.27 bits per heavy atom. The van der Waals surface area contributed by atoms with E-state index in [0.717, 1.165) is 25.1 Å². The third kappa shape index (κ3) is 2.27. The van der Waals surface area contributed by atoms with Crippen molar-refractivity contribution < 1.29 is 4.92 Å². The van der Waals surface area contributed by atoms with Gasteiger partial charge in [-0.15, -0.1) is 0 Å². The number of nitro benzene ring substituents is 1. The van der Waals surface area contributed by atoms with Crippen LogP contribution in [0.5, 0.6) is 0 Å². The van der Waals surface area contributed by atoms with E-state index in [0.29, 0.717) is 10.9 Å². The van der Waals surface area contributed by atoms with Crippen LogP contribution in [0.15, 0.2) is 18.2 Å². The first kappa shape index (κ1) is 10.4. The number of nitrogens with one attached hydrogen (secondary N) is 1. The molecule has 15 heavy (non-hydrogen) atoms. The molecule has 0 bridgehead atoms. The second-order valence-electron chi connectivity index (χ2n) is 3.76. The van der Waals surface area contributed by atoms with Crippen LogP contribution in [0.4, 0.5) is 5.69 Å². The zero-order chi connectivity index (χ0) is 10.8. The van der Waals surface area contributed by atoms with Gasteiger partial charge in [-0.2, -0.15) is 0 Å². The highest BCUT2D eigenvalue weighted by Crippen LogP contribution is 2.26. The molecule has 0 radical (unpaired) electrons. The molecular formula is C10H11ClN2O2. The predicted molar refractivity (Wildman–Crippen MR) is 58.2 cm³/mol. The van der Waals surface area contributed by atoms with Crippen LogP contribution < -0.4 is 5.32 Å². The Labute approximate surface area is 92.4 Å². The maximum absolute atomic E-state index is 10.8. The van der Waals surface area contributed by atoms with Crippen LogP contribution in [0.25, 0.3) is 0 Å². The zero-order valence-corrected chi connectivity index (χ0v) is 8.83. The van der Waals surface area contributed by atoms with E-state index >= 15 is 0 Å². The third-order valence-electron chi connectivity index (χ3n) is 2.61. The van der Waals surface area contributed by atoms with Gasteiger partial charge in [0.15, 0.2) is 0 Å². The average molecular weight is 227 g/mol. The molecule has 2 rings (SSSR count). The SMILES string of the molecule is O=[N+]([O-])c1ccc(Cl)cc1CC1CNC1. The summed E-state index contributed by atoms with van der Waals surface area (Å²) in [7, 11) is 0. The number of halogens is 1. The summed E-state index contributed by atoms with van der Waals surface area (Å²) < 4.78 is 0. The number of hydrogen-bond donors (Lipinski definition) is 1. The number of rotatable bonds is 3. The summed E-state index contributed by atoms with van der Waals surface area (Å²) >= 11 is 5.83. The van der Waals surface area contributed by atoms with Gasteiger partial charge in [0, 0.05) is 16.7 Å². The zero-order valence-electron chi connectivity index (χ0n) is 8.07. The molecule has 5 heteroatoms. The van der Waals surface area contributed by atoms with Gasteiger partial charge in [-0.3, -0.25) is 10.1 Å². The Hall–Kier alpha value is -1.13. The molecule has 0 unspecified atom stereocenters. The summed E-state index contributed by atoms with van der Waals surface area (Å²) in [6, 6.07) is 4.73. The molecule has 1 aromatic rings. The number of hydrogen-bond acceptors (Lipinski definition) is 3. The molecule has 0 spiro atoms. The Balaban J connectivity index is 2.24. The van der Waals surface area contributed by atoms with Crippen molar-refractivity contribution in [2.24, 2.45) is 5.92 Å². The van der Waals surface area contributed by atoms with Crippen LogP contribution in [0, 0.1) is 16.0 Å². The normalized spacial score (nSPS) is 16.1. The van der Waals surface area contributed by atoms with E-state index in [4.69, 9.17) is 11.6 Å². The lowest BCUT2D eigenvalue weighted by Crippen LogP contribution is -2.43.